The second-order valence-corrected chi connectivity index (χ2v) is 9.36. The van der Waals surface area contributed by atoms with Gasteiger partial charge in [-0.05, 0) is 35.6 Å². The number of anilines is 2. The lowest BCUT2D eigenvalue weighted by molar-refractivity contribution is 0.342. The lowest BCUT2D eigenvalue weighted by Crippen LogP contribution is -2.10. The zero-order valence-corrected chi connectivity index (χ0v) is 17.8. The molecular formula is C21H25N3OS2. The molecule has 0 radical (unpaired) electrons. The molecule has 3 rings (SSSR count). The second-order valence-electron chi connectivity index (χ2n) is 7.16. The summed E-state index contributed by atoms with van der Waals surface area (Å²) in [7, 11) is 0. The minimum absolute atomic E-state index is 0.184. The van der Waals surface area contributed by atoms with Crippen molar-refractivity contribution in [2.24, 2.45) is 0 Å². The van der Waals surface area contributed by atoms with E-state index in [2.05, 4.69) is 60.6 Å². The van der Waals surface area contributed by atoms with E-state index < -0.39 is 0 Å². The summed E-state index contributed by atoms with van der Waals surface area (Å²) in [5, 5.41) is 12.6. The molecule has 0 aliphatic heterocycles. The first-order valence-corrected chi connectivity index (χ1v) is 10.8. The number of rotatable bonds is 7. The Morgan fingerprint density at radius 1 is 1.04 bits per heavy atom. The predicted octanol–water partition coefficient (Wildman–Crippen LogP) is 6.27. The summed E-state index contributed by atoms with van der Waals surface area (Å²) in [5.41, 5.74) is 3.74. The van der Waals surface area contributed by atoms with Crippen molar-refractivity contribution in [3.8, 4) is 5.75 Å². The van der Waals surface area contributed by atoms with E-state index in [9.17, 15) is 0 Å². The fourth-order valence-electron chi connectivity index (χ4n) is 2.53. The molecule has 2 aromatic carbocycles. The van der Waals surface area contributed by atoms with Gasteiger partial charge in [0.15, 0.2) is 4.34 Å². The highest BCUT2D eigenvalue weighted by Crippen LogP contribution is 2.33. The number of ether oxygens (including phenoxy) is 1. The Labute approximate surface area is 169 Å². The van der Waals surface area contributed by atoms with E-state index in [4.69, 9.17) is 4.74 Å². The van der Waals surface area contributed by atoms with Gasteiger partial charge in [-0.15, -0.1) is 10.2 Å². The summed E-state index contributed by atoms with van der Waals surface area (Å²) in [6.07, 6.45) is 0. The summed E-state index contributed by atoms with van der Waals surface area (Å²) in [4.78, 5) is 0. The van der Waals surface area contributed by atoms with E-state index in [0.717, 1.165) is 26.7 Å². The van der Waals surface area contributed by atoms with Crippen LogP contribution in [0.15, 0.2) is 52.9 Å². The van der Waals surface area contributed by atoms with Crippen molar-refractivity contribution in [2.75, 3.05) is 11.9 Å². The van der Waals surface area contributed by atoms with Crippen LogP contribution in [0.4, 0.5) is 10.8 Å². The van der Waals surface area contributed by atoms with Crippen molar-refractivity contribution in [3.05, 3.63) is 59.7 Å². The molecule has 3 aromatic rings. The molecule has 0 atom stereocenters. The number of thioether (sulfide) groups is 1. The van der Waals surface area contributed by atoms with Crippen LogP contribution in [0, 0.1) is 0 Å². The molecule has 0 saturated carbocycles. The summed E-state index contributed by atoms with van der Waals surface area (Å²) in [6, 6.07) is 16.7. The number of hydrogen-bond acceptors (Lipinski definition) is 6. The largest absolute Gasteiger partial charge is 0.492 e. The zero-order valence-electron chi connectivity index (χ0n) is 16.2. The summed E-state index contributed by atoms with van der Waals surface area (Å²) in [5.74, 6) is 1.71. The Kier molecular flexibility index (Phi) is 6.39. The van der Waals surface area contributed by atoms with Crippen LogP contribution in [0.25, 0.3) is 0 Å². The number of hydrogen-bond donors (Lipinski definition) is 1. The Balaban J connectivity index is 1.60. The van der Waals surface area contributed by atoms with Gasteiger partial charge in [0.25, 0.3) is 0 Å². The molecule has 142 valence electrons. The van der Waals surface area contributed by atoms with Crippen LogP contribution < -0.4 is 10.1 Å². The molecule has 0 unspecified atom stereocenters. The second kappa shape index (κ2) is 8.76. The van der Waals surface area contributed by atoms with Crippen molar-refractivity contribution >= 4 is 33.9 Å². The lowest BCUT2D eigenvalue weighted by atomic mass is 9.87. The molecule has 0 saturated heterocycles. The molecule has 1 N–H and O–H groups in total. The van der Waals surface area contributed by atoms with Gasteiger partial charge in [-0.3, -0.25) is 0 Å². The quantitative estimate of drug-likeness (QED) is 0.474. The SMILES string of the molecule is CCOc1ccccc1Nc1nnc(SCc2ccc(C(C)(C)C)cc2)s1. The molecule has 6 heteroatoms. The standard InChI is InChI=1S/C21H25N3OS2/c1-5-25-18-9-7-6-8-17(18)22-19-23-24-20(27-19)26-14-15-10-12-16(13-11-15)21(2,3)4/h6-13H,5,14H2,1-4H3,(H,22,23). The Morgan fingerprint density at radius 2 is 1.78 bits per heavy atom. The first kappa shape index (κ1) is 19.7. The van der Waals surface area contributed by atoms with Crippen LogP contribution in [-0.2, 0) is 11.2 Å². The minimum Gasteiger partial charge on any atom is -0.492 e. The number of nitrogens with zero attached hydrogens (tertiary/aromatic N) is 2. The van der Waals surface area contributed by atoms with Crippen LogP contribution in [0.3, 0.4) is 0 Å². The number of benzene rings is 2. The molecule has 1 heterocycles. The molecule has 0 aliphatic rings. The van der Waals surface area contributed by atoms with Gasteiger partial charge >= 0.3 is 0 Å². The van der Waals surface area contributed by atoms with Crippen LogP contribution in [0.1, 0.15) is 38.8 Å². The molecule has 4 nitrogen and oxygen atoms in total. The maximum atomic E-state index is 5.64. The third-order valence-electron chi connectivity index (χ3n) is 4.02. The fourth-order valence-corrected chi connectivity index (χ4v) is 4.25. The van der Waals surface area contributed by atoms with E-state index in [1.54, 1.807) is 23.1 Å². The van der Waals surface area contributed by atoms with Gasteiger partial charge in [0.2, 0.25) is 5.13 Å². The first-order valence-electron chi connectivity index (χ1n) is 9.00. The predicted molar refractivity (Wildman–Crippen MR) is 116 cm³/mol. The van der Waals surface area contributed by atoms with E-state index in [-0.39, 0.29) is 5.41 Å². The Hall–Kier alpha value is -2.05. The highest BCUT2D eigenvalue weighted by molar-refractivity contribution is 8.00. The Morgan fingerprint density at radius 3 is 2.48 bits per heavy atom. The third kappa shape index (κ3) is 5.47. The number of para-hydroxylation sites is 2. The molecular weight excluding hydrogens is 374 g/mol. The smallest absolute Gasteiger partial charge is 0.210 e. The van der Waals surface area contributed by atoms with Gasteiger partial charge in [0.1, 0.15) is 5.75 Å². The number of aromatic nitrogens is 2. The summed E-state index contributed by atoms with van der Waals surface area (Å²) in [6.45, 7) is 9.30. The average molecular weight is 400 g/mol. The van der Waals surface area contributed by atoms with Crippen molar-refractivity contribution in [2.45, 2.75) is 43.2 Å². The summed E-state index contributed by atoms with van der Waals surface area (Å²) >= 11 is 3.26. The normalized spacial score (nSPS) is 11.4. The van der Waals surface area contributed by atoms with Crippen molar-refractivity contribution in [3.63, 3.8) is 0 Å². The van der Waals surface area contributed by atoms with Crippen molar-refractivity contribution < 1.29 is 4.74 Å². The molecule has 27 heavy (non-hydrogen) atoms. The molecule has 0 amide bonds. The van der Waals surface area contributed by atoms with Gasteiger partial charge in [0.05, 0.1) is 12.3 Å². The van der Waals surface area contributed by atoms with Crippen LogP contribution >= 0.6 is 23.1 Å². The minimum atomic E-state index is 0.184. The molecule has 0 aliphatic carbocycles. The maximum absolute atomic E-state index is 5.64. The van der Waals surface area contributed by atoms with Gasteiger partial charge in [0, 0.05) is 5.75 Å². The monoisotopic (exact) mass is 399 g/mol. The average Bonchev–Trinajstić information content (AvgIpc) is 3.09. The van der Waals surface area contributed by atoms with Crippen molar-refractivity contribution in [1.29, 1.82) is 0 Å². The maximum Gasteiger partial charge on any atom is 0.210 e. The molecule has 0 spiro atoms. The molecule has 0 fully saturated rings. The topological polar surface area (TPSA) is 47.0 Å². The first-order chi connectivity index (χ1) is 13.0. The van der Waals surface area contributed by atoms with Gasteiger partial charge in [-0.25, -0.2) is 0 Å². The third-order valence-corrected chi connectivity index (χ3v) is 6.06. The van der Waals surface area contributed by atoms with E-state index in [1.807, 2.05) is 31.2 Å². The Bertz CT molecular complexity index is 870. The highest BCUT2D eigenvalue weighted by atomic mass is 32.2. The molecule has 1 aromatic heterocycles. The molecule has 0 bridgehead atoms. The lowest BCUT2D eigenvalue weighted by Gasteiger charge is -2.19. The van der Waals surface area contributed by atoms with Crippen LogP contribution in [0.5, 0.6) is 5.75 Å². The van der Waals surface area contributed by atoms with Gasteiger partial charge in [-0.2, -0.15) is 0 Å². The van der Waals surface area contributed by atoms with Crippen LogP contribution in [-0.4, -0.2) is 16.8 Å². The summed E-state index contributed by atoms with van der Waals surface area (Å²) < 4.78 is 6.59. The van der Waals surface area contributed by atoms with Crippen molar-refractivity contribution in [1.82, 2.24) is 10.2 Å². The van der Waals surface area contributed by atoms with E-state index in [1.165, 1.54) is 11.1 Å². The zero-order chi connectivity index (χ0) is 19.3. The van der Waals surface area contributed by atoms with Gasteiger partial charge in [-0.1, -0.05) is 80.3 Å². The van der Waals surface area contributed by atoms with Crippen LogP contribution in [0.2, 0.25) is 0 Å². The number of nitrogens with one attached hydrogen (secondary N) is 1. The fraction of sp³-hybridized carbons (Fsp3) is 0.333. The van der Waals surface area contributed by atoms with E-state index in [0.29, 0.717) is 6.61 Å². The highest BCUT2D eigenvalue weighted by Gasteiger charge is 2.13. The van der Waals surface area contributed by atoms with E-state index >= 15 is 0 Å². The van der Waals surface area contributed by atoms with Gasteiger partial charge < -0.3 is 10.1 Å².